The molecule has 0 heterocycles. The molecule has 0 saturated heterocycles. The molecule has 4 heteroatoms. The fourth-order valence-corrected chi connectivity index (χ4v) is 6.13. The molecule has 1 N–H and O–H groups in total. The summed E-state index contributed by atoms with van der Waals surface area (Å²) in [6.45, 7) is 5.82. The molecule has 0 aromatic heterocycles. The van der Waals surface area contributed by atoms with Gasteiger partial charge in [0, 0.05) is 23.9 Å². The van der Waals surface area contributed by atoms with Crippen LogP contribution in [-0.4, -0.2) is 16.1 Å². The molecule has 0 spiro atoms. The highest BCUT2D eigenvalue weighted by Crippen LogP contribution is 2.63. The average Bonchev–Trinajstić information content (AvgIpc) is 2.56. The number of oxime groups is 1. The lowest BCUT2D eigenvalue weighted by atomic mass is 10.1. The summed E-state index contributed by atoms with van der Waals surface area (Å²) in [7, 11) is -2.63. The normalized spacial score (nSPS) is 13.0. The Hall–Kier alpha value is -1.86. The summed E-state index contributed by atoms with van der Waals surface area (Å²) in [5, 5.41) is 11.9. The first-order chi connectivity index (χ1) is 11.4. The molecule has 0 radical (unpaired) electrons. The van der Waals surface area contributed by atoms with E-state index < -0.39 is 12.3 Å². The van der Waals surface area contributed by atoms with Gasteiger partial charge in [0.25, 0.3) is 0 Å². The second-order valence-corrected chi connectivity index (χ2v) is 10.6. The van der Waals surface area contributed by atoms with E-state index in [1.165, 1.54) is 0 Å². The zero-order valence-electron chi connectivity index (χ0n) is 14.6. The van der Waals surface area contributed by atoms with E-state index in [0.717, 1.165) is 11.1 Å². The molecule has 0 aliphatic rings. The highest BCUT2D eigenvalue weighted by molar-refractivity contribution is 7.64. The molecule has 0 saturated carbocycles. The maximum atomic E-state index is 14.1. The number of hydrogen-bond acceptors (Lipinski definition) is 3. The van der Waals surface area contributed by atoms with Gasteiger partial charge in [-0.2, -0.15) is 0 Å². The molecule has 2 aromatic carbocycles. The van der Waals surface area contributed by atoms with Crippen molar-refractivity contribution in [2.75, 3.05) is 0 Å². The second-order valence-electron chi connectivity index (χ2n) is 7.00. The molecule has 0 aliphatic heterocycles. The van der Waals surface area contributed by atoms with Crippen molar-refractivity contribution in [3.05, 3.63) is 71.8 Å². The van der Waals surface area contributed by atoms with Gasteiger partial charge in [-0.15, -0.1) is 0 Å². The van der Waals surface area contributed by atoms with Crippen molar-refractivity contribution >= 4 is 12.9 Å². The van der Waals surface area contributed by atoms with Gasteiger partial charge in [-0.1, -0.05) is 79.7 Å². The standard InChI is InChI=1S/C20H26NO2P/c1-17(21-22)14-20(2,3)24(23,15-18-10-6-4-7-11-18)16-19-12-8-5-9-13-19/h4-13,22H,14-16H2,1-3H3. The lowest BCUT2D eigenvalue weighted by Crippen LogP contribution is -2.25. The van der Waals surface area contributed by atoms with Crippen LogP contribution in [0.1, 0.15) is 38.3 Å². The lowest BCUT2D eigenvalue weighted by molar-refractivity contribution is 0.316. The third kappa shape index (κ3) is 4.58. The van der Waals surface area contributed by atoms with Gasteiger partial charge in [0.15, 0.2) is 0 Å². The van der Waals surface area contributed by atoms with Crippen LogP contribution in [0.4, 0.5) is 0 Å². The number of nitrogens with zero attached hydrogens (tertiary/aromatic N) is 1. The van der Waals surface area contributed by atoms with Crippen LogP contribution in [-0.2, 0) is 16.9 Å². The Kier molecular flexibility index (Phi) is 6.01. The van der Waals surface area contributed by atoms with Crippen LogP contribution in [0.3, 0.4) is 0 Å². The molecule has 0 unspecified atom stereocenters. The molecular weight excluding hydrogens is 317 g/mol. The van der Waals surface area contributed by atoms with Crippen molar-refractivity contribution in [1.29, 1.82) is 0 Å². The van der Waals surface area contributed by atoms with Gasteiger partial charge in [-0.3, -0.25) is 0 Å². The molecular formula is C20H26NO2P. The van der Waals surface area contributed by atoms with Gasteiger partial charge in [0.05, 0.1) is 5.71 Å². The highest BCUT2D eigenvalue weighted by Gasteiger charge is 2.40. The summed E-state index contributed by atoms with van der Waals surface area (Å²) in [5.74, 6) is 0. The van der Waals surface area contributed by atoms with E-state index in [0.29, 0.717) is 24.5 Å². The quantitative estimate of drug-likeness (QED) is 0.300. The molecule has 128 valence electrons. The summed E-state index contributed by atoms with van der Waals surface area (Å²) < 4.78 is 14.1. The van der Waals surface area contributed by atoms with Crippen molar-refractivity contribution in [2.45, 2.75) is 44.7 Å². The van der Waals surface area contributed by atoms with Crippen molar-refractivity contribution in [3.8, 4) is 0 Å². The second kappa shape index (κ2) is 7.81. The zero-order chi connectivity index (χ0) is 17.6. The summed E-state index contributed by atoms with van der Waals surface area (Å²) in [5.41, 5.74) is 2.79. The van der Waals surface area contributed by atoms with E-state index in [-0.39, 0.29) is 0 Å². The van der Waals surface area contributed by atoms with Crippen molar-refractivity contribution in [2.24, 2.45) is 5.16 Å². The Morgan fingerprint density at radius 2 is 1.38 bits per heavy atom. The fraction of sp³-hybridized carbons (Fsp3) is 0.350. The molecule has 0 amide bonds. The van der Waals surface area contributed by atoms with Crippen LogP contribution >= 0.6 is 7.14 Å². The van der Waals surface area contributed by atoms with Crippen LogP contribution in [0.5, 0.6) is 0 Å². The number of benzene rings is 2. The number of rotatable bonds is 7. The predicted molar refractivity (Wildman–Crippen MR) is 101 cm³/mol. The van der Waals surface area contributed by atoms with Gasteiger partial charge in [-0.25, -0.2) is 0 Å². The van der Waals surface area contributed by atoms with Crippen LogP contribution < -0.4 is 0 Å². The largest absolute Gasteiger partial charge is 0.411 e. The highest BCUT2D eigenvalue weighted by atomic mass is 31.2. The molecule has 2 rings (SSSR count). The van der Waals surface area contributed by atoms with Crippen LogP contribution in [0.15, 0.2) is 65.8 Å². The zero-order valence-corrected chi connectivity index (χ0v) is 15.5. The van der Waals surface area contributed by atoms with E-state index in [1.807, 2.05) is 74.5 Å². The molecule has 3 nitrogen and oxygen atoms in total. The van der Waals surface area contributed by atoms with Crippen LogP contribution in [0, 0.1) is 0 Å². The minimum Gasteiger partial charge on any atom is -0.411 e. The molecule has 0 fully saturated rings. The Bertz CT molecular complexity index is 678. The molecule has 0 bridgehead atoms. The first-order valence-corrected chi connectivity index (χ1v) is 10.3. The van der Waals surface area contributed by atoms with E-state index in [1.54, 1.807) is 6.92 Å². The third-order valence-electron chi connectivity index (χ3n) is 4.52. The van der Waals surface area contributed by atoms with Crippen LogP contribution in [0.25, 0.3) is 0 Å². The third-order valence-corrected chi connectivity index (χ3v) is 8.64. The molecule has 0 aliphatic carbocycles. The molecule has 0 atom stereocenters. The first-order valence-electron chi connectivity index (χ1n) is 8.20. The Morgan fingerprint density at radius 1 is 0.958 bits per heavy atom. The fourth-order valence-electron chi connectivity index (χ4n) is 3.05. The van der Waals surface area contributed by atoms with E-state index in [2.05, 4.69) is 5.16 Å². The molecule has 2 aromatic rings. The van der Waals surface area contributed by atoms with Crippen LogP contribution in [0.2, 0.25) is 0 Å². The Labute approximate surface area is 144 Å². The minimum atomic E-state index is -2.63. The summed E-state index contributed by atoms with van der Waals surface area (Å²) in [6.07, 6.45) is 1.61. The first kappa shape index (κ1) is 18.5. The lowest BCUT2D eigenvalue weighted by Gasteiger charge is -2.35. The van der Waals surface area contributed by atoms with Gasteiger partial charge >= 0.3 is 0 Å². The number of hydrogen-bond donors (Lipinski definition) is 1. The summed E-state index contributed by atoms with van der Waals surface area (Å²) in [4.78, 5) is 0. The Morgan fingerprint density at radius 3 is 1.75 bits per heavy atom. The minimum absolute atomic E-state index is 0.449. The smallest absolute Gasteiger partial charge is 0.102 e. The van der Waals surface area contributed by atoms with Gasteiger partial charge < -0.3 is 9.77 Å². The molecule has 24 heavy (non-hydrogen) atoms. The maximum Gasteiger partial charge on any atom is 0.102 e. The van der Waals surface area contributed by atoms with Gasteiger partial charge in [-0.05, 0) is 18.1 Å². The Balaban J connectivity index is 2.38. The summed E-state index contributed by atoms with van der Waals surface area (Å²) in [6, 6.07) is 20.0. The predicted octanol–water partition coefficient (Wildman–Crippen LogP) is 5.77. The van der Waals surface area contributed by atoms with Gasteiger partial charge in [0.1, 0.15) is 7.14 Å². The van der Waals surface area contributed by atoms with Gasteiger partial charge in [0.2, 0.25) is 0 Å². The van der Waals surface area contributed by atoms with Crippen molar-refractivity contribution < 1.29 is 9.77 Å². The SMILES string of the molecule is CC(CC(C)(C)P(=O)(Cc1ccccc1)Cc1ccccc1)=NO. The monoisotopic (exact) mass is 343 g/mol. The van der Waals surface area contributed by atoms with E-state index in [4.69, 9.17) is 5.21 Å². The van der Waals surface area contributed by atoms with Crippen molar-refractivity contribution in [1.82, 2.24) is 0 Å². The van der Waals surface area contributed by atoms with Crippen molar-refractivity contribution in [3.63, 3.8) is 0 Å². The van der Waals surface area contributed by atoms with E-state index in [9.17, 15) is 4.57 Å². The van der Waals surface area contributed by atoms with E-state index >= 15 is 0 Å². The summed E-state index contributed by atoms with van der Waals surface area (Å²) >= 11 is 0. The maximum absolute atomic E-state index is 14.1. The topological polar surface area (TPSA) is 49.7 Å². The average molecular weight is 343 g/mol.